The Morgan fingerprint density at radius 1 is 0.633 bits per heavy atom. The number of hydrogen-bond donors (Lipinski definition) is 1. The normalized spacial score (nSPS) is 14.6. The minimum atomic E-state index is -0.238. The van der Waals surface area contributed by atoms with E-state index < -0.39 is 0 Å². The molecule has 4 aromatic carbocycles. The van der Waals surface area contributed by atoms with Crippen molar-refractivity contribution >= 4 is 38.9 Å². The van der Waals surface area contributed by atoms with Gasteiger partial charge in [-0.25, -0.2) is 9.97 Å². The molecule has 1 aliphatic rings. The Morgan fingerprint density at radius 3 is 2.02 bits per heavy atom. The van der Waals surface area contributed by atoms with Crippen LogP contribution in [0.1, 0.15) is 104 Å². The van der Waals surface area contributed by atoms with Gasteiger partial charge in [-0.1, -0.05) is 137 Å². The van der Waals surface area contributed by atoms with E-state index in [4.69, 9.17) is 9.97 Å². The lowest BCUT2D eigenvalue weighted by Gasteiger charge is -2.42. The standard InChI is InChI=1S/C45H49N3O/c1-42(2,3)28-23-24-46-37(26-28)48-35-18-13-12-16-31(35)45(10,11)32-21-19-27(25-36(32)48)39-29-15-14-17-33(43(4,5)6)38(29)30-20-22-34(44(7,8)9)41(49)40(30)47-39/h12-26,49H,1-11H3. The van der Waals surface area contributed by atoms with Gasteiger partial charge >= 0.3 is 0 Å². The summed E-state index contributed by atoms with van der Waals surface area (Å²) in [4.78, 5) is 12.7. The number of nitrogens with zero attached hydrogens (tertiary/aromatic N) is 3. The highest BCUT2D eigenvalue weighted by Gasteiger charge is 2.38. The summed E-state index contributed by atoms with van der Waals surface area (Å²) in [6.45, 7) is 24.5. The number of phenols is 1. The maximum Gasteiger partial charge on any atom is 0.145 e. The van der Waals surface area contributed by atoms with Crippen LogP contribution in [0.15, 0.2) is 91.1 Å². The molecule has 0 saturated heterocycles. The van der Waals surface area contributed by atoms with E-state index in [0.29, 0.717) is 5.52 Å². The van der Waals surface area contributed by atoms with Crippen molar-refractivity contribution in [2.75, 3.05) is 4.90 Å². The lowest BCUT2D eigenvalue weighted by molar-refractivity contribution is 0.451. The summed E-state index contributed by atoms with van der Waals surface area (Å²) in [6.07, 6.45) is 1.93. The smallest absolute Gasteiger partial charge is 0.145 e. The minimum absolute atomic E-state index is 0.0243. The van der Waals surface area contributed by atoms with Crippen molar-refractivity contribution in [2.24, 2.45) is 0 Å². The van der Waals surface area contributed by atoms with Crippen LogP contribution in [0.3, 0.4) is 0 Å². The van der Waals surface area contributed by atoms with Gasteiger partial charge in [-0.05, 0) is 68.2 Å². The van der Waals surface area contributed by atoms with E-state index in [1.165, 1.54) is 22.3 Å². The molecule has 0 aliphatic carbocycles. The van der Waals surface area contributed by atoms with Crippen molar-refractivity contribution < 1.29 is 5.11 Å². The Morgan fingerprint density at radius 2 is 1.33 bits per heavy atom. The molecule has 49 heavy (non-hydrogen) atoms. The molecular formula is C45H49N3O. The molecule has 1 N–H and O–H groups in total. The van der Waals surface area contributed by atoms with Crippen molar-refractivity contribution in [3.8, 4) is 17.0 Å². The molecule has 4 nitrogen and oxygen atoms in total. The van der Waals surface area contributed by atoms with Gasteiger partial charge in [0, 0.05) is 33.5 Å². The average Bonchev–Trinajstić information content (AvgIpc) is 3.03. The van der Waals surface area contributed by atoms with Crippen LogP contribution >= 0.6 is 0 Å². The number of phenolic OH excluding ortho intramolecular Hbond substituents is 1. The highest BCUT2D eigenvalue weighted by atomic mass is 16.3. The number of aromatic hydroxyl groups is 1. The van der Waals surface area contributed by atoms with Gasteiger partial charge in [0.05, 0.1) is 17.1 Å². The van der Waals surface area contributed by atoms with E-state index in [0.717, 1.165) is 50.2 Å². The van der Waals surface area contributed by atoms with Crippen LogP contribution in [-0.2, 0) is 21.7 Å². The Bertz CT molecular complexity index is 2280. The predicted octanol–water partition coefficient (Wildman–Crippen LogP) is 12.2. The number of anilines is 3. The first kappa shape index (κ1) is 32.8. The van der Waals surface area contributed by atoms with Crippen LogP contribution < -0.4 is 4.90 Å². The maximum atomic E-state index is 11.9. The summed E-state index contributed by atoms with van der Waals surface area (Å²) >= 11 is 0. The van der Waals surface area contributed by atoms with Crippen molar-refractivity contribution in [1.82, 2.24) is 9.97 Å². The van der Waals surface area contributed by atoms with E-state index >= 15 is 0 Å². The number of fused-ring (bicyclic) bond motifs is 5. The minimum Gasteiger partial charge on any atom is -0.505 e. The van der Waals surface area contributed by atoms with E-state index in [2.05, 4.69) is 166 Å². The van der Waals surface area contributed by atoms with E-state index in [1.54, 1.807) is 0 Å². The van der Waals surface area contributed by atoms with Gasteiger partial charge in [0.1, 0.15) is 17.1 Å². The SMILES string of the molecule is CC(C)(C)c1ccnc(N2c3ccccc3C(C)(C)c3ccc(-c4nc5c(O)c(C(C)(C)C)ccc5c5c(C(C)(C)C)cccc45)cc32)c1. The molecule has 6 aromatic rings. The fraction of sp³-hybridized carbons (Fsp3) is 0.333. The van der Waals surface area contributed by atoms with Crippen molar-refractivity contribution in [2.45, 2.75) is 97.8 Å². The quantitative estimate of drug-likeness (QED) is 0.190. The van der Waals surface area contributed by atoms with Crippen molar-refractivity contribution in [1.29, 1.82) is 0 Å². The van der Waals surface area contributed by atoms with Crippen LogP contribution in [0.5, 0.6) is 5.75 Å². The summed E-state index contributed by atoms with van der Waals surface area (Å²) in [5.41, 5.74) is 9.99. The lowest BCUT2D eigenvalue weighted by Crippen LogP contribution is -2.31. The molecule has 4 heteroatoms. The largest absolute Gasteiger partial charge is 0.505 e. The number of para-hydroxylation sites is 1. The zero-order valence-corrected chi connectivity index (χ0v) is 30.9. The molecule has 7 rings (SSSR count). The molecule has 0 unspecified atom stereocenters. The van der Waals surface area contributed by atoms with Gasteiger partial charge in [0.25, 0.3) is 0 Å². The summed E-state index contributed by atoms with van der Waals surface area (Å²) < 4.78 is 0. The third-order valence-electron chi connectivity index (χ3n) is 10.4. The van der Waals surface area contributed by atoms with Crippen LogP contribution in [0.25, 0.3) is 32.9 Å². The Balaban J connectivity index is 1.57. The topological polar surface area (TPSA) is 49.2 Å². The molecule has 0 amide bonds. The molecule has 250 valence electrons. The summed E-state index contributed by atoms with van der Waals surface area (Å²) in [6, 6.07) is 30.6. The van der Waals surface area contributed by atoms with Crippen LogP contribution in [0, 0.1) is 0 Å². The van der Waals surface area contributed by atoms with Gasteiger partial charge in [-0.3, -0.25) is 4.90 Å². The number of aromatic nitrogens is 2. The molecule has 0 fully saturated rings. The Kier molecular flexibility index (Phi) is 7.30. The zero-order valence-electron chi connectivity index (χ0n) is 30.9. The molecule has 0 atom stereocenters. The third-order valence-corrected chi connectivity index (χ3v) is 10.4. The Hall–Kier alpha value is -4.70. The summed E-state index contributed by atoms with van der Waals surface area (Å²) in [7, 11) is 0. The maximum absolute atomic E-state index is 11.9. The molecule has 0 radical (unpaired) electrons. The number of rotatable bonds is 2. The molecule has 2 aromatic heterocycles. The molecule has 1 aliphatic heterocycles. The second-order valence-electron chi connectivity index (χ2n) is 17.4. The van der Waals surface area contributed by atoms with Crippen molar-refractivity contribution in [3.05, 3.63) is 119 Å². The van der Waals surface area contributed by atoms with Crippen LogP contribution in [0.2, 0.25) is 0 Å². The Labute approximate surface area is 291 Å². The predicted molar refractivity (Wildman–Crippen MR) is 207 cm³/mol. The first-order valence-electron chi connectivity index (χ1n) is 17.5. The molecule has 0 saturated carbocycles. The van der Waals surface area contributed by atoms with Gasteiger partial charge in [-0.15, -0.1) is 0 Å². The van der Waals surface area contributed by atoms with E-state index in [1.807, 2.05) is 6.20 Å². The second kappa shape index (κ2) is 10.9. The molecular weight excluding hydrogens is 599 g/mol. The highest BCUT2D eigenvalue weighted by molar-refractivity contribution is 6.14. The third kappa shape index (κ3) is 5.28. The van der Waals surface area contributed by atoms with Gasteiger partial charge in [-0.2, -0.15) is 0 Å². The molecule has 0 spiro atoms. The first-order chi connectivity index (χ1) is 22.9. The summed E-state index contributed by atoms with van der Waals surface area (Å²) in [5.74, 6) is 1.15. The van der Waals surface area contributed by atoms with Gasteiger partial charge in [0.2, 0.25) is 0 Å². The van der Waals surface area contributed by atoms with Crippen LogP contribution in [-0.4, -0.2) is 15.1 Å². The number of benzene rings is 4. The zero-order chi connectivity index (χ0) is 35.3. The van der Waals surface area contributed by atoms with E-state index in [9.17, 15) is 5.11 Å². The van der Waals surface area contributed by atoms with Crippen LogP contribution in [0.4, 0.5) is 17.2 Å². The molecule has 3 heterocycles. The van der Waals surface area contributed by atoms with Gasteiger partial charge in [0.15, 0.2) is 0 Å². The molecule has 0 bridgehead atoms. The highest BCUT2D eigenvalue weighted by Crippen LogP contribution is 2.53. The van der Waals surface area contributed by atoms with E-state index in [-0.39, 0.29) is 27.4 Å². The second-order valence-corrected chi connectivity index (χ2v) is 17.4. The first-order valence-corrected chi connectivity index (χ1v) is 17.5. The fourth-order valence-corrected chi connectivity index (χ4v) is 7.68. The lowest BCUT2D eigenvalue weighted by atomic mass is 9.73. The fourth-order valence-electron chi connectivity index (χ4n) is 7.68. The van der Waals surface area contributed by atoms with Crippen molar-refractivity contribution in [3.63, 3.8) is 0 Å². The average molecular weight is 648 g/mol. The monoisotopic (exact) mass is 647 g/mol. The number of hydrogen-bond acceptors (Lipinski definition) is 4. The van der Waals surface area contributed by atoms with Gasteiger partial charge < -0.3 is 5.11 Å². The summed E-state index contributed by atoms with van der Waals surface area (Å²) in [5, 5.41) is 15.1. The number of pyridine rings is 2.